The molecule has 2 aliphatic carbocycles. The van der Waals surface area contributed by atoms with Crippen molar-refractivity contribution >= 4 is 0 Å². The third-order valence-electron chi connectivity index (χ3n) is 6.31. The van der Waals surface area contributed by atoms with E-state index in [1.165, 1.54) is 25.7 Å². The molecule has 0 amide bonds. The van der Waals surface area contributed by atoms with Gasteiger partial charge in [0.25, 0.3) is 0 Å². The highest BCUT2D eigenvalue weighted by Gasteiger charge is 2.24. The number of hydrogen-bond acceptors (Lipinski definition) is 0. The minimum absolute atomic E-state index is 1.08. The standard InChI is InChI=1S/C20H38/c1-3-5-17-7-11-19(12-8-17)15-16-20-13-9-18(6-4-2)10-14-20/h17-20H,3-16H2,1-2H3. The molecule has 118 valence electrons. The van der Waals surface area contributed by atoms with Crippen molar-refractivity contribution in [3.8, 4) is 0 Å². The average molecular weight is 279 g/mol. The van der Waals surface area contributed by atoms with Crippen LogP contribution in [0.3, 0.4) is 0 Å². The van der Waals surface area contributed by atoms with E-state index in [0.717, 1.165) is 23.7 Å². The van der Waals surface area contributed by atoms with E-state index < -0.39 is 0 Å². The summed E-state index contributed by atoms with van der Waals surface area (Å²) in [4.78, 5) is 0. The summed E-state index contributed by atoms with van der Waals surface area (Å²) in [5.74, 6) is 4.36. The fourth-order valence-corrected chi connectivity index (χ4v) is 4.91. The quantitative estimate of drug-likeness (QED) is 0.471. The Balaban J connectivity index is 1.55. The SMILES string of the molecule is CCCC1CCC(CCC2CCC(CCC)CC2)CC1. The molecule has 0 aromatic carbocycles. The summed E-state index contributed by atoms with van der Waals surface area (Å²) in [6.07, 6.45) is 21.3. The molecule has 0 spiro atoms. The van der Waals surface area contributed by atoms with Crippen molar-refractivity contribution < 1.29 is 0 Å². The van der Waals surface area contributed by atoms with Crippen molar-refractivity contribution in [3.05, 3.63) is 0 Å². The Morgan fingerprint density at radius 3 is 0.950 bits per heavy atom. The zero-order valence-corrected chi connectivity index (χ0v) is 14.2. The Hall–Kier alpha value is 0. The molecule has 0 aliphatic heterocycles. The van der Waals surface area contributed by atoms with Crippen LogP contribution in [0.4, 0.5) is 0 Å². The van der Waals surface area contributed by atoms with Gasteiger partial charge in [-0.15, -0.1) is 0 Å². The van der Waals surface area contributed by atoms with Gasteiger partial charge in [-0.05, 0) is 23.7 Å². The van der Waals surface area contributed by atoms with E-state index in [2.05, 4.69) is 13.8 Å². The largest absolute Gasteiger partial charge is 0.0654 e. The second-order valence-electron chi connectivity index (χ2n) is 7.93. The van der Waals surface area contributed by atoms with Gasteiger partial charge in [0.15, 0.2) is 0 Å². The summed E-state index contributed by atoms with van der Waals surface area (Å²) in [5, 5.41) is 0. The summed E-state index contributed by atoms with van der Waals surface area (Å²) >= 11 is 0. The Labute approximate surface area is 128 Å². The molecule has 2 aliphatic rings. The fraction of sp³-hybridized carbons (Fsp3) is 1.00. The predicted molar refractivity (Wildman–Crippen MR) is 89.9 cm³/mol. The van der Waals surface area contributed by atoms with Crippen LogP contribution in [0.15, 0.2) is 0 Å². The monoisotopic (exact) mass is 278 g/mol. The highest BCUT2D eigenvalue weighted by molar-refractivity contribution is 4.76. The van der Waals surface area contributed by atoms with Gasteiger partial charge in [-0.2, -0.15) is 0 Å². The van der Waals surface area contributed by atoms with Gasteiger partial charge >= 0.3 is 0 Å². The molecule has 0 bridgehead atoms. The second kappa shape index (κ2) is 9.11. The summed E-state index contributed by atoms with van der Waals surface area (Å²) in [6.45, 7) is 4.70. The minimum Gasteiger partial charge on any atom is -0.0654 e. The molecular formula is C20H38. The van der Waals surface area contributed by atoms with E-state index in [9.17, 15) is 0 Å². The minimum atomic E-state index is 1.08. The fourth-order valence-electron chi connectivity index (χ4n) is 4.91. The van der Waals surface area contributed by atoms with E-state index >= 15 is 0 Å². The van der Waals surface area contributed by atoms with Crippen LogP contribution in [0.2, 0.25) is 0 Å². The van der Waals surface area contributed by atoms with Gasteiger partial charge in [-0.25, -0.2) is 0 Å². The van der Waals surface area contributed by atoms with Crippen LogP contribution in [-0.4, -0.2) is 0 Å². The van der Waals surface area contributed by atoms with E-state index in [4.69, 9.17) is 0 Å². The Bertz CT molecular complexity index is 202. The van der Waals surface area contributed by atoms with Gasteiger partial charge in [0.05, 0.1) is 0 Å². The maximum absolute atomic E-state index is 2.35. The van der Waals surface area contributed by atoms with Crippen LogP contribution in [0.5, 0.6) is 0 Å². The van der Waals surface area contributed by atoms with Gasteiger partial charge in [-0.1, -0.05) is 104 Å². The van der Waals surface area contributed by atoms with Gasteiger partial charge < -0.3 is 0 Å². The molecule has 2 fully saturated rings. The Kier molecular flexibility index (Phi) is 7.45. The van der Waals surface area contributed by atoms with Crippen molar-refractivity contribution in [3.63, 3.8) is 0 Å². The third kappa shape index (κ3) is 5.41. The van der Waals surface area contributed by atoms with E-state index in [0.29, 0.717) is 0 Å². The van der Waals surface area contributed by atoms with Crippen LogP contribution in [0.25, 0.3) is 0 Å². The first kappa shape index (κ1) is 16.4. The lowest BCUT2D eigenvalue weighted by Crippen LogP contribution is -2.18. The van der Waals surface area contributed by atoms with Gasteiger partial charge in [0.2, 0.25) is 0 Å². The molecule has 0 N–H and O–H groups in total. The summed E-state index contributed by atoms with van der Waals surface area (Å²) < 4.78 is 0. The molecule has 0 atom stereocenters. The number of rotatable bonds is 7. The van der Waals surface area contributed by atoms with E-state index in [1.54, 1.807) is 64.2 Å². The first-order valence-corrected chi connectivity index (χ1v) is 9.81. The summed E-state index contributed by atoms with van der Waals surface area (Å²) in [5.41, 5.74) is 0. The van der Waals surface area contributed by atoms with Crippen LogP contribution < -0.4 is 0 Å². The molecule has 0 heterocycles. The lowest BCUT2D eigenvalue weighted by atomic mass is 9.74. The highest BCUT2D eigenvalue weighted by Crippen LogP contribution is 2.38. The molecule has 2 rings (SSSR count). The molecule has 2 saturated carbocycles. The van der Waals surface area contributed by atoms with Gasteiger partial charge in [0.1, 0.15) is 0 Å². The normalized spacial score (nSPS) is 35.1. The van der Waals surface area contributed by atoms with Gasteiger partial charge in [-0.3, -0.25) is 0 Å². The van der Waals surface area contributed by atoms with Crippen LogP contribution in [0, 0.1) is 23.7 Å². The van der Waals surface area contributed by atoms with Crippen LogP contribution in [-0.2, 0) is 0 Å². The molecule has 0 unspecified atom stereocenters. The lowest BCUT2D eigenvalue weighted by molar-refractivity contribution is 0.209. The van der Waals surface area contributed by atoms with Gasteiger partial charge in [0, 0.05) is 0 Å². The van der Waals surface area contributed by atoms with E-state index in [-0.39, 0.29) is 0 Å². The molecule has 0 aromatic heterocycles. The smallest absolute Gasteiger partial charge is 0.0414 e. The molecule has 0 radical (unpaired) electrons. The average Bonchev–Trinajstić information content (AvgIpc) is 2.49. The molecule has 0 saturated heterocycles. The molecule has 0 aromatic rings. The lowest BCUT2D eigenvalue weighted by Gasteiger charge is -2.32. The predicted octanol–water partition coefficient (Wildman–Crippen LogP) is 6.98. The summed E-state index contributed by atoms with van der Waals surface area (Å²) in [6, 6.07) is 0. The van der Waals surface area contributed by atoms with Crippen molar-refractivity contribution in [1.82, 2.24) is 0 Å². The van der Waals surface area contributed by atoms with Crippen molar-refractivity contribution in [1.29, 1.82) is 0 Å². The van der Waals surface area contributed by atoms with Crippen LogP contribution >= 0.6 is 0 Å². The maximum Gasteiger partial charge on any atom is -0.0414 e. The molecule has 0 heteroatoms. The maximum atomic E-state index is 2.35. The number of hydrogen-bond donors (Lipinski definition) is 0. The van der Waals surface area contributed by atoms with E-state index in [1.807, 2.05) is 0 Å². The zero-order valence-electron chi connectivity index (χ0n) is 14.2. The molecular weight excluding hydrogens is 240 g/mol. The zero-order chi connectivity index (χ0) is 14.2. The summed E-state index contributed by atoms with van der Waals surface area (Å²) in [7, 11) is 0. The Morgan fingerprint density at radius 2 is 0.700 bits per heavy atom. The first-order chi connectivity index (χ1) is 9.81. The first-order valence-electron chi connectivity index (χ1n) is 9.81. The van der Waals surface area contributed by atoms with Crippen molar-refractivity contribution in [2.75, 3.05) is 0 Å². The van der Waals surface area contributed by atoms with Crippen molar-refractivity contribution in [2.24, 2.45) is 23.7 Å². The topological polar surface area (TPSA) is 0 Å². The third-order valence-corrected chi connectivity index (χ3v) is 6.31. The molecule has 20 heavy (non-hydrogen) atoms. The highest BCUT2D eigenvalue weighted by atomic mass is 14.3. The molecule has 0 nitrogen and oxygen atoms in total. The van der Waals surface area contributed by atoms with Crippen molar-refractivity contribution in [2.45, 2.75) is 104 Å². The Morgan fingerprint density at radius 1 is 0.450 bits per heavy atom. The second-order valence-corrected chi connectivity index (χ2v) is 7.93. The van der Waals surface area contributed by atoms with Crippen LogP contribution in [0.1, 0.15) is 104 Å².